The lowest BCUT2D eigenvalue weighted by Crippen LogP contribution is -2.48. The van der Waals surface area contributed by atoms with Crippen LogP contribution in [0.1, 0.15) is 10.4 Å². The van der Waals surface area contributed by atoms with Crippen LogP contribution in [0.25, 0.3) is 0 Å². The van der Waals surface area contributed by atoms with E-state index in [1.165, 1.54) is 0 Å². The lowest BCUT2D eigenvalue weighted by molar-refractivity contribution is 0.0942. The molecule has 1 aliphatic heterocycles. The van der Waals surface area contributed by atoms with Gasteiger partial charge in [0.05, 0.1) is 10.6 Å². The molecule has 0 aromatic heterocycles. The summed E-state index contributed by atoms with van der Waals surface area (Å²) in [6.07, 6.45) is 0. The summed E-state index contributed by atoms with van der Waals surface area (Å²) in [6, 6.07) is 5.44. The zero-order chi connectivity index (χ0) is 11.5. The van der Waals surface area contributed by atoms with E-state index in [1.807, 2.05) is 6.07 Å². The summed E-state index contributed by atoms with van der Waals surface area (Å²) in [5, 5.41) is 6.57. The molecule has 1 aliphatic rings. The first-order valence-electron chi connectivity index (χ1n) is 5.11. The number of carbonyl (C=O) groups excluding carboxylic acids is 1. The van der Waals surface area contributed by atoms with Gasteiger partial charge in [0.1, 0.15) is 0 Å². The van der Waals surface area contributed by atoms with Crippen molar-refractivity contribution < 1.29 is 4.79 Å². The molecule has 0 atom stereocenters. The molecule has 1 heterocycles. The average Bonchev–Trinajstić information content (AvgIpc) is 2.19. The van der Waals surface area contributed by atoms with Crippen LogP contribution in [0.2, 0.25) is 5.02 Å². The zero-order valence-corrected chi connectivity index (χ0v) is 11.5. The first-order valence-corrected chi connectivity index (χ1v) is 6.56. The maximum absolute atomic E-state index is 11.8. The lowest BCUT2D eigenvalue weighted by Gasteiger charge is -2.27. The number of nitrogens with one attached hydrogen (secondary N) is 2. The maximum Gasteiger partial charge on any atom is 0.252 e. The van der Waals surface area contributed by atoms with Gasteiger partial charge in [0.25, 0.3) is 5.91 Å². The van der Waals surface area contributed by atoms with Gasteiger partial charge < -0.3 is 10.6 Å². The minimum atomic E-state index is -0.0876. The molecule has 0 spiro atoms. The van der Waals surface area contributed by atoms with Crippen molar-refractivity contribution >= 4 is 40.1 Å². The van der Waals surface area contributed by atoms with Gasteiger partial charge in [-0.1, -0.05) is 11.6 Å². The van der Waals surface area contributed by atoms with Crippen molar-refractivity contribution in [3.8, 4) is 0 Å². The maximum atomic E-state index is 11.8. The summed E-state index contributed by atoms with van der Waals surface area (Å²) in [4.78, 5) is 11.8. The normalized spacial score (nSPS) is 15.6. The number of carbonyl (C=O) groups is 1. The van der Waals surface area contributed by atoms with Gasteiger partial charge in [-0.2, -0.15) is 0 Å². The van der Waals surface area contributed by atoms with E-state index in [2.05, 4.69) is 33.2 Å². The van der Waals surface area contributed by atoms with E-state index in [9.17, 15) is 4.79 Å². The molecule has 16 heavy (non-hydrogen) atoms. The highest BCUT2D eigenvalue weighted by Crippen LogP contribution is 2.18. The van der Waals surface area contributed by atoms with Gasteiger partial charge in [-0.3, -0.25) is 4.79 Å². The lowest BCUT2D eigenvalue weighted by atomic mass is 10.0. The number of amides is 1. The number of hydrogen-bond donors (Lipinski definition) is 2. The molecule has 1 fully saturated rings. The molecule has 1 amide bonds. The average molecular weight is 351 g/mol. The third-order valence-electron chi connectivity index (χ3n) is 2.59. The molecular formula is C11H12ClIN2O. The van der Waals surface area contributed by atoms with Gasteiger partial charge in [-0.15, -0.1) is 0 Å². The number of hydrogen-bond acceptors (Lipinski definition) is 2. The second-order valence-electron chi connectivity index (χ2n) is 3.86. The highest BCUT2D eigenvalue weighted by atomic mass is 127. The monoisotopic (exact) mass is 350 g/mol. The molecule has 86 valence electrons. The Kier molecular flexibility index (Phi) is 4.05. The molecule has 1 saturated heterocycles. The quantitative estimate of drug-likeness (QED) is 0.818. The summed E-state index contributed by atoms with van der Waals surface area (Å²) in [6.45, 7) is 2.69. The first-order chi connectivity index (χ1) is 7.66. The Hall–Kier alpha value is -0.330. The predicted octanol–water partition coefficient (Wildman–Crippen LogP) is 1.89. The van der Waals surface area contributed by atoms with Crippen molar-refractivity contribution in [2.45, 2.75) is 0 Å². The zero-order valence-electron chi connectivity index (χ0n) is 8.59. The Bertz CT molecular complexity index is 407. The summed E-state index contributed by atoms with van der Waals surface area (Å²) < 4.78 is 1.01. The molecule has 0 unspecified atom stereocenters. The van der Waals surface area contributed by atoms with Crippen LogP contribution in [0, 0.1) is 9.49 Å². The van der Waals surface area contributed by atoms with E-state index in [4.69, 9.17) is 11.6 Å². The molecule has 3 nitrogen and oxygen atoms in total. The van der Waals surface area contributed by atoms with Crippen molar-refractivity contribution in [1.82, 2.24) is 10.6 Å². The van der Waals surface area contributed by atoms with Gasteiger partial charge in [0, 0.05) is 29.1 Å². The van der Waals surface area contributed by atoms with Crippen LogP contribution in [0.4, 0.5) is 0 Å². The van der Waals surface area contributed by atoms with Gasteiger partial charge in [0.15, 0.2) is 0 Å². The fourth-order valence-corrected chi connectivity index (χ4v) is 2.19. The minimum Gasteiger partial charge on any atom is -0.352 e. The van der Waals surface area contributed by atoms with E-state index in [0.29, 0.717) is 23.0 Å². The van der Waals surface area contributed by atoms with Crippen LogP contribution in [-0.2, 0) is 0 Å². The molecule has 2 N–H and O–H groups in total. The molecule has 5 heteroatoms. The van der Waals surface area contributed by atoms with Crippen molar-refractivity contribution in [2.75, 3.05) is 19.6 Å². The van der Waals surface area contributed by atoms with Gasteiger partial charge in [0.2, 0.25) is 0 Å². The first kappa shape index (κ1) is 12.1. The topological polar surface area (TPSA) is 41.1 Å². The molecular weight excluding hydrogens is 338 g/mol. The van der Waals surface area contributed by atoms with Gasteiger partial charge >= 0.3 is 0 Å². The van der Waals surface area contributed by atoms with Gasteiger partial charge in [-0.05, 0) is 40.8 Å². The molecule has 0 bridgehead atoms. The smallest absolute Gasteiger partial charge is 0.252 e. The van der Waals surface area contributed by atoms with Crippen LogP contribution < -0.4 is 10.6 Å². The number of benzene rings is 1. The van der Waals surface area contributed by atoms with Crippen molar-refractivity contribution in [1.29, 1.82) is 0 Å². The van der Waals surface area contributed by atoms with Crippen LogP contribution in [0.5, 0.6) is 0 Å². The van der Waals surface area contributed by atoms with Crippen LogP contribution in [0.3, 0.4) is 0 Å². The number of halogens is 2. The molecule has 2 rings (SSSR count). The SMILES string of the molecule is O=C(NCC1CNC1)c1cc(I)ccc1Cl. The third-order valence-corrected chi connectivity index (χ3v) is 3.59. The fraction of sp³-hybridized carbons (Fsp3) is 0.364. The molecule has 0 aliphatic carbocycles. The summed E-state index contributed by atoms with van der Waals surface area (Å²) in [7, 11) is 0. The third kappa shape index (κ3) is 2.87. The standard InChI is InChI=1S/C11H12ClIN2O/c12-10-2-1-8(13)3-9(10)11(16)15-6-7-4-14-5-7/h1-3,7,14H,4-6H2,(H,15,16). The van der Waals surface area contributed by atoms with E-state index in [0.717, 1.165) is 16.7 Å². The largest absolute Gasteiger partial charge is 0.352 e. The van der Waals surface area contributed by atoms with E-state index in [-0.39, 0.29) is 5.91 Å². The second-order valence-corrected chi connectivity index (χ2v) is 5.51. The Balaban J connectivity index is 1.99. The van der Waals surface area contributed by atoms with Crippen LogP contribution >= 0.6 is 34.2 Å². The van der Waals surface area contributed by atoms with E-state index < -0.39 is 0 Å². The summed E-state index contributed by atoms with van der Waals surface area (Å²) in [5.41, 5.74) is 0.556. The van der Waals surface area contributed by atoms with Crippen LogP contribution in [0.15, 0.2) is 18.2 Å². The second kappa shape index (κ2) is 5.33. The Morgan fingerprint density at radius 1 is 1.56 bits per heavy atom. The van der Waals surface area contributed by atoms with Crippen molar-refractivity contribution in [3.63, 3.8) is 0 Å². The highest BCUT2D eigenvalue weighted by Gasteiger charge is 2.18. The Morgan fingerprint density at radius 3 is 2.94 bits per heavy atom. The highest BCUT2D eigenvalue weighted by molar-refractivity contribution is 14.1. The summed E-state index contributed by atoms with van der Waals surface area (Å²) in [5.74, 6) is 0.473. The Morgan fingerprint density at radius 2 is 2.31 bits per heavy atom. The molecule has 0 radical (unpaired) electrons. The molecule has 1 aromatic carbocycles. The fourth-order valence-electron chi connectivity index (χ4n) is 1.50. The van der Waals surface area contributed by atoms with E-state index in [1.54, 1.807) is 12.1 Å². The Labute approximate surface area is 113 Å². The van der Waals surface area contributed by atoms with Crippen molar-refractivity contribution in [2.24, 2.45) is 5.92 Å². The van der Waals surface area contributed by atoms with E-state index >= 15 is 0 Å². The van der Waals surface area contributed by atoms with Gasteiger partial charge in [-0.25, -0.2) is 0 Å². The number of rotatable bonds is 3. The predicted molar refractivity (Wildman–Crippen MR) is 72.9 cm³/mol. The molecule has 1 aromatic rings. The molecule has 0 saturated carbocycles. The van der Waals surface area contributed by atoms with Crippen LogP contribution in [-0.4, -0.2) is 25.5 Å². The summed E-state index contributed by atoms with van der Waals surface area (Å²) >= 11 is 8.14. The van der Waals surface area contributed by atoms with Crippen molar-refractivity contribution in [3.05, 3.63) is 32.4 Å². The minimum absolute atomic E-state index is 0.0876.